The number of hydrogen-bond donors (Lipinski definition) is 0. The van der Waals surface area contributed by atoms with E-state index in [0.717, 1.165) is 4.90 Å². The molecule has 0 aliphatic carbocycles. The quantitative estimate of drug-likeness (QED) is 0.468. The van der Waals surface area contributed by atoms with Crippen LogP contribution in [-0.2, 0) is 19.1 Å². The van der Waals surface area contributed by atoms with Crippen molar-refractivity contribution in [3.8, 4) is 0 Å². The summed E-state index contributed by atoms with van der Waals surface area (Å²) in [4.78, 5) is 37.2. The van der Waals surface area contributed by atoms with Gasteiger partial charge in [-0.1, -0.05) is 25.1 Å². The van der Waals surface area contributed by atoms with Crippen LogP contribution in [0.15, 0.2) is 30.3 Å². The largest absolute Gasteiger partial charge is 0.465 e. The Hall–Kier alpha value is -2.17. The van der Waals surface area contributed by atoms with Gasteiger partial charge in [-0.2, -0.15) is 0 Å². The minimum absolute atomic E-state index is 0.189. The number of anilines is 1. The predicted molar refractivity (Wildman–Crippen MR) is 68.2 cm³/mol. The van der Waals surface area contributed by atoms with Crippen LogP contribution in [0.2, 0.25) is 0 Å². The lowest BCUT2D eigenvalue weighted by molar-refractivity contribution is -0.152. The van der Waals surface area contributed by atoms with E-state index in [1.807, 2.05) is 0 Å². The molecule has 0 N–H and O–H groups in total. The molecule has 1 aromatic rings. The average molecular weight is 261 g/mol. The molecular weight excluding hydrogens is 246 g/mol. The number of hydrogen-bond acceptors (Lipinski definition) is 4. The number of rotatable bonds is 3. The Morgan fingerprint density at radius 1 is 1.21 bits per heavy atom. The molecule has 19 heavy (non-hydrogen) atoms. The number of esters is 1. The topological polar surface area (TPSA) is 63.7 Å². The Balaban J connectivity index is 2.32. The van der Waals surface area contributed by atoms with Crippen LogP contribution in [0.25, 0.3) is 0 Å². The fourth-order valence-corrected chi connectivity index (χ4v) is 2.18. The van der Waals surface area contributed by atoms with Gasteiger partial charge in [0.1, 0.15) is 5.92 Å². The number of para-hydroxylation sites is 1. The number of imide groups is 1. The van der Waals surface area contributed by atoms with Crippen LogP contribution in [0.4, 0.5) is 5.69 Å². The van der Waals surface area contributed by atoms with E-state index in [4.69, 9.17) is 4.74 Å². The maximum absolute atomic E-state index is 12.2. The zero-order valence-electron chi connectivity index (χ0n) is 10.8. The van der Waals surface area contributed by atoms with Crippen LogP contribution in [0.5, 0.6) is 0 Å². The van der Waals surface area contributed by atoms with Crippen molar-refractivity contribution in [1.29, 1.82) is 0 Å². The summed E-state index contributed by atoms with van der Waals surface area (Å²) in [6.45, 7) is 3.43. The van der Waals surface area contributed by atoms with Gasteiger partial charge in [-0.3, -0.25) is 14.4 Å². The predicted octanol–water partition coefficient (Wildman–Crippen LogP) is 1.38. The van der Waals surface area contributed by atoms with Gasteiger partial charge in [-0.25, -0.2) is 4.90 Å². The molecule has 100 valence electrons. The third kappa shape index (κ3) is 2.23. The van der Waals surface area contributed by atoms with Gasteiger partial charge in [-0.15, -0.1) is 0 Å². The first-order valence-corrected chi connectivity index (χ1v) is 6.17. The normalized spacial score (nSPS) is 22.7. The fraction of sp³-hybridized carbons (Fsp3) is 0.357. The smallest absolute Gasteiger partial charge is 0.319 e. The van der Waals surface area contributed by atoms with Crippen molar-refractivity contribution in [2.45, 2.75) is 13.8 Å². The first-order valence-electron chi connectivity index (χ1n) is 6.17. The van der Waals surface area contributed by atoms with Gasteiger partial charge in [0.25, 0.3) is 0 Å². The molecule has 0 aromatic heterocycles. The first-order chi connectivity index (χ1) is 9.07. The number of amides is 2. The van der Waals surface area contributed by atoms with Crippen molar-refractivity contribution < 1.29 is 19.1 Å². The van der Waals surface area contributed by atoms with Gasteiger partial charge in [0.2, 0.25) is 11.8 Å². The van der Waals surface area contributed by atoms with Crippen molar-refractivity contribution in [3.63, 3.8) is 0 Å². The third-order valence-corrected chi connectivity index (χ3v) is 3.15. The molecule has 1 aliphatic heterocycles. The molecule has 0 unspecified atom stereocenters. The summed E-state index contributed by atoms with van der Waals surface area (Å²) in [5, 5.41) is 0. The number of carbonyl (C=O) groups is 3. The molecule has 1 fully saturated rings. The molecule has 1 aliphatic rings. The van der Waals surface area contributed by atoms with Gasteiger partial charge in [0, 0.05) is 0 Å². The zero-order chi connectivity index (χ0) is 14.0. The summed E-state index contributed by atoms with van der Waals surface area (Å²) >= 11 is 0. The number of nitrogens with zero attached hydrogens (tertiary/aromatic N) is 1. The van der Waals surface area contributed by atoms with E-state index >= 15 is 0 Å². The van der Waals surface area contributed by atoms with Crippen LogP contribution in [0.1, 0.15) is 13.8 Å². The summed E-state index contributed by atoms with van der Waals surface area (Å²) in [6.07, 6.45) is 0. The number of ether oxygens (including phenoxy) is 1. The standard InChI is InChI=1S/C14H15NO4/c1-3-19-14(18)11-9(2)12(16)15(13(11)17)10-7-5-4-6-8-10/h4-9,11H,3H2,1-2H3/t9-,11-/m1/s1. The molecule has 0 spiro atoms. The highest BCUT2D eigenvalue weighted by molar-refractivity contribution is 6.26. The first kappa shape index (κ1) is 13.3. The van der Waals surface area contributed by atoms with E-state index in [1.54, 1.807) is 44.2 Å². The Labute approximate surface area is 111 Å². The van der Waals surface area contributed by atoms with E-state index in [0.29, 0.717) is 5.69 Å². The lowest BCUT2D eigenvalue weighted by Crippen LogP contribution is -2.32. The summed E-state index contributed by atoms with van der Waals surface area (Å²) in [6, 6.07) is 8.59. The molecule has 5 heteroatoms. The summed E-state index contributed by atoms with van der Waals surface area (Å²) in [7, 11) is 0. The van der Waals surface area contributed by atoms with Crippen molar-refractivity contribution in [2.24, 2.45) is 11.8 Å². The highest BCUT2D eigenvalue weighted by atomic mass is 16.5. The van der Waals surface area contributed by atoms with Crippen LogP contribution < -0.4 is 4.90 Å². The monoisotopic (exact) mass is 261 g/mol. The van der Waals surface area contributed by atoms with E-state index in [2.05, 4.69) is 0 Å². The molecule has 1 saturated heterocycles. The van der Waals surface area contributed by atoms with Crippen LogP contribution in [0, 0.1) is 11.8 Å². The maximum atomic E-state index is 12.2. The molecular formula is C14H15NO4. The fourth-order valence-electron chi connectivity index (χ4n) is 2.18. The van der Waals surface area contributed by atoms with E-state index < -0.39 is 23.7 Å². The SMILES string of the molecule is CCOC(=O)[C@H]1C(=O)N(c2ccccc2)C(=O)[C@@H]1C. The second-order valence-corrected chi connectivity index (χ2v) is 4.37. The Kier molecular flexibility index (Phi) is 3.64. The van der Waals surface area contributed by atoms with Crippen molar-refractivity contribution in [3.05, 3.63) is 30.3 Å². The molecule has 2 atom stereocenters. The summed E-state index contributed by atoms with van der Waals surface area (Å²) in [5.74, 6) is -3.23. The number of carbonyl (C=O) groups excluding carboxylic acids is 3. The van der Waals surface area contributed by atoms with Gasteiger partial charge in [0.15, 0.2) is 0 Å². The summed E-state index contributed by atoms with van der Waals surface area (Å²) < 4.78 is 4.86. The van der Waals surface area contributed by atoms with Gasteiger partial charge in [-0.05, 0) is 19.1 Å². The minimum atomic E-state index is -1.03. The second-order valence-electron chi connectivity index (χ2n) is 4.37. The Morgan fingerprint density at radius 2 is 1.84 bits per heavy atom. The molecule has 0 bridgehead atoms. The highest BCUT2D eigenvalue weighted by Gasteiger charge is 2.50. The van der Waals surface area contributed by atoms with E-state index in [1.165, 1.54) is 0 Å². The lowest BCUT2D eigenvalue weighted by atomic mass is 9.97. The second kappa shape index (κ2) is 5.22. The van der Waals surface area contributed by atoms with E-state index in [9.17, 15) is 14.4 Å². The van der Waals surface area contributed by atoms with Crippen LogP contribution in [0.3, 0.4) is 0 Å². The third-order valence-electron chi connectivity index (χ3n) is 3.15. The molecule has 2 rings (SSSR count). The van der Waals surface area contributed by atoms with Gasteiger partial charge < -0.3 is 4.74 Å². The molecule has 1 heterocycles. The minimum Gasteiger partial charge on any atom is -0.465 e. The molecule has 0 saturated carbocycles. The Morgan fingerprint density at radius 3 is 2.42 bits per heavy atom. The molecule has 0 radical (unpaired) electrons. The zero-order valence-corrected chi connectivity index (χ0v) is 10.8. The maximum Gasteiger partial charge on any atom is 0.319 e. The number of benzene rings is 1. The van der Waals surface area contributed by atoms with Crippen molar-refractivity contribution in [2.75, 3.05) is 11.5 Å². The van der Waals surface area contributed by atoms with Crippen molar-refractivity contribution in [1.82, 2.24) is 0 Å². The van der Waals surface area contributed by atoms with Gasteiger partial charge >= 0.3 is 5.97 Å². The molecule has 2 amide bonds. The average Bonchev–Trinajstić information content (AvgIpc) is 2.62. The highest BCUT2D eigenvalue weighted by Crippen LogP contribution is 2.31. The van der Waals surface area contributed by atoms with Crippen LogP contribution in [-0.4, -0.2) is 24.4 Å². The Bertz CT molecular complexity index is 511. The molecule has 1 aromatic carbocycles. The lowest BCUT2D eigenvalue weighted by Gasteiger charge is -2.14. The van der Waals surface area contributed by atoms with Crippen LogP contribution >= 0.6 is 0 Å². The molecule has 5 nitrogen and oxygen atoms in total. The summed E-state index contributed by atoms with van der Waals surface area (Å²) in [5.41, 5.74) is 0.483. The van der Waals surface area contributed by atoms with E-state index in [-0.39, 0.29) is 12.5 Å². The van der Waals surface area contributed by atoms with Crippen molar-refractivity contribution >= 4 is 23.5 Å². The van der Waals surface area contributed by atoms with Gasteiger partial charge in [0.05, 0.1) is 18.2 Å².